The van der Waals surface area contributed by atoms with E-state index in [9.17, 15) is 15.0 Å². The van der Waals surface area contributed by atoms with E-state index in [0.717, 1.165) is 0 Å². The number of carbonyl (C=O) groups excluding carboxylic acids is 1. The molecule has 0 aliphatic carbocycles. The summed E-state index contributed by atoms with van der Waals surface area (Å²) in [5.41, 5.74) is 1.12. The summed E-state index contributed by atoms with van der Waals surface area (Å²) in [4.78, 5) is 14.6. The summed E-state index contributed by atoms with van der Waals surface area (Å²) in [5.74, 6) is -0.678. The number of phenols is 1. The molecule has 0 saturated carbocycles. The van der Waals surface area contributed by atoms with Gasteiger partial charge in [0.05, 0.1) is 12.8 Å². The first-order valence-electron chi connectivity index (χ1n) is 5.83. The molecule has 1 heterocycles. The second-order valence-electron chi connectivity index (χ2n) is 4.01. The molecule has 106 valence electrons. The summed E-state index contributed by atoms with van der Waals surface area (Å²) < 4.78 is 5.02. The highest BCUT2D eigenvalue weighted by Gasteiger charge is 2.08. The largest absolute Gasteiger partial charge is 0.550 e. The van der Waals surface area contributed by atoms with E-state index in [2.05, 4.69) is 10.3 Å². The molecular weight excluding hydrogens is 280 g/mol. The van der Waals surface area contributed by atoms with Crippen LogP contribution in [0.5, 0.6) is 11.5 Å². The molecular formula is C13H13N2O4S-. The number of carboxylic acids is 1. The quantitative estimate of drug-likeness (QED) is 0.816. The second-order valence-corrected chi connectivity index (χ2v) is 4.87. The fourth-order valence-corrected chi connectivity index (χ4v) is 2.37. The molecule has 0 unspecified atom stereocenters. The Kier molecular flexibility index (Phi) is 4.41. The smallest absolute Gasteiger partial charge is 0.183 e. The van der Waals surface area contributed by atoms with Crippen molar-refractivity contribution in [3.63, 3.8) is 0 Å². The van der Waals surface area contributed by atoms with Gasteiger partial charge in [-0.3, -0.25) is 0 Å². The van der Waals surface area contributed by atoms with Crippen LogP contribution in [0.2, 0.25) is 0 Å². The SMILES string of the molecule is COc1cccc(CNc2nc(CC(=O)[O-])cs2)c1O. The van der Waals surface area contributed by atoms with Gasteiger partial charge in [0.1, 0.15) is 0 Å². The maximum atomic E-state index is 10.5. The fourth-order valence-electron chi connectivity index (χ4n) is 1.66. The molecule has 0 saturated heterocycles. The zero-order valence-corrected chi connectivity index (χ0v) is 11.6. The van der Waals surface area contributed by atoms with Crippen LogP contribution in [0.1, 0.15) is 11.3 Å². The molecule has 0 spiro atoms. The van der Waals surface area contributed by atoms with Crippen molar-refractivity contribution in [2.75, 3.05) is 12.4 Å². The Morgan fingerprint density at radius 2 is 2.35 bits per heavy atom. The molecule has 0 bridgehead atoms. The molecule has 0 atom stereocenters. The molecule has 2 N–H and O–H groups in total. The number of rotatable bonds is 6. The van der Waals surface area contributed by atoms with Gasteiger partial charge in [0.2, 0.25) is 0 Å². The third-order valence-corrected chi connectivity index (χ3v) is 3.46. The van der Waals surface area contributed by atoms with Crippen LogP contribution in [0.25, 0.3) is 0 Å². The Bertz CT molecular complexity index is 612. The number of carboxylic acid groups (broad SMARTS) is 1. The Morgan fingerprint density at radius 3 is 3.05 bits per heavy atom. The molecule has 0 aliphatic rings. The molecule has 1 aromatic carbocycles. The van der Waals surface area contributed by atoms with Gasteiger partial charge < -0.3 is 25.1 Å². The molecule has 0 radical (unpaired) electrons. The summed E-state index contributed by atoms with van der Waals surface area (Å²) in [6.07, 6.45) is -0.206. The second kappa shape index (κ2) is 6.25. The van der Waals surface area contributed by atoms with Crippen LogP contribution in [0.3, 0.4) is 0 Å². The number of aliphatic carboxylic acids is 1. The molecule has 0 fully saturated rings. The van der Waals surface area contributed by atoms with Gasteiger partial charge in [0, 0.05) is 29.9 Å². The first kappa shape index (κ1) is 14.1. The fraction of sp³-hybridized carbons (Fsp3) is 0.231. The molecule has 6 nitrogen and oxygen atoms in total. The number of hydrogen-bond acceptors (Lipinski definition) is 7. The van der Waals surface area contributed by atoms with E-state index >= 15 is 0 Å². The normalized spacial score (nSPS) is 10.2. The number of nitrogens with one attached hydrogen (secondary N) is 1. The molecule has 2 aromatic rings. The van der Waals surface area contributed by atoms with Gasteiger partial charge in [-0.15, -0.1) is 11.3 Å². The van der Waals surface area contributed by atoms with Crippen molar-refractivity contribution in [1.82, 2.24) is 4.98 Å². The molecule has 0 aliphatic heterocycles. The van der Waals surface area contributed by atoms with Gasteiger partial charge in [0.25, 0.3) is 0 Å². The summed E-state index contributed by atoms with van der Waals surface area (Å²) in [5, 5.41) is 25.6. The third kappa shape index (κ3) is 3.39. The van der Waals surface area contributed by atoms with Gasteiger partial charge in [0.15, 0.2) is 16.6 Å². The third-order valence-electron chi connectivity index (χ3n) is 2.61. The number of thiazole rings is 1. The number of aromatic hydroxyl groups is 1. The lowest BCUT2D eigenvalue weighted by Crippen LogP contribution is -2.24. The average molecular weight is 293 g/mol. The Labute approximate surface area is 119 Å². The van der Waals surface area contributed by atoms with Crippen molar-refractivity contribution >= 4 is 22.4 Å². The Hall–Kier alpha value is -2.28. The molecule has 0 amide bonds. The van der Waals surface area contributed by atoms with Crippen molar-refractivity contribution < 1.29 is 19.7 Å². The van der Waals surface area contributed by atoms with Crippen molar-refractivity contribution in [2.45, 2.75) is 13.0 Å². The number of phenolic OH excluding ortho intramolecular Hbond substituents is 1. The average Bonchev–Trinajstić information content (AvgIpc) is 2.84. The highest BCUT2D eigenvalue weighted by Crippen LogP contribution is 2.30. The number of anilines is 1. The zero-order chi connectivity index (χ0) is 14.5. The van der Waals surface area contributed by atoms with Crippen molar-refractivity contribution in [3.8, 4) is 11.5 Å². The number of benzene rings is 1. The number of nitrogens with zero attached hydrogens (tertiary/aromatic N) is 1. The summed E-state index contributed by atoms with van der Waals surface area (Å²) in [7, 11) is 1.49. The van der Waals surface area contributed by atoms with Crippen LogP contribution in [0.4, 0.5) is 5.13 Å². The summed E-state index contributed by atoms with van der Waals surface area (Å²) in [6, 6.07) is 5.21. The molecule has 1 aromatic heterocycles. The van der Waals surface area contributed by atoms with E-state index < -0.39 is 5.97 Å². The van der Waals surface area contributed by atoms with Gasteiger partial charge >= 0.3 is 0 Å². The number of ether oxygens (including phenoxy) is 1. The predicted octanol–water partition coefficient (Wildman–Crippen LogP) is 0.762. The van der Waals surface area contributed by atoms with Gasteiger partial charge in [-0.05, 0) is 6.07 Å². The summed E-state index contributed by atoms with van der Waals surface area (Å²) >= 11 is 1.30. The minimum Gasteiger partial charge on any atom is -0.550 e. The lowest BCUT2D eigenvalue weighted by atomic mass is 10.2. The van der Waals surface area contributed by atoms with E-state index in [1.807, 2.05) is 0 Å². The van der Waals surface area contributed by atoms with Gasteiger partial charge in [-0.1, -0.05) is 12.1 Å². The van der Waals surface area contributed by atoms with Crippen molar-refractivity contribution in [2.24, 2.45) is 0 Å². The van der Waals surface area contributed by atoms with E-state index in [1.165, 1.54) is 18.4 Å². The number of para-hydroxylation sites is 1. The highest BCUT2D eigenvalue weighted by atomic mass is 32.1. The molecule has 2 rings (SSSR count). The molecule has 20 heavy (non-hydrogen) atoms. The monoisotopic (exact) mass is 293 g/mol. The van der Waals surface area contributed by atoms with E-state index in [-0.39, 0.29) is 12.2 Å². The minimum absolute atomic E-state index is 0.0778. The highest BCUT2D eigenvalue weighted by molar-refractivity contribution is 7.13. The number of carbonyl (C=O) groups is 1. The van der Waals surface area contributed by atoms with Crippen LogP contribution >= 0.6 is 11.3 Å². The zero-order valence-electron chi connectivity index (χ0n) is 10.8. The van der Waals surface area contributed by atoms with E-state index in [1.54, 1.807) is 23.6 Å². The predicted molar refractivity (Wildman–Crippen MR) is 72.8 cm³/mol. The van der Waals surface area contributed by atoms with Crippen LogP contribution in [0.15, 0.2) is 23.6 Å². The molecule has 7 heteroatoms. The van der Waals surface area contributed by atoms with E-state index in [4.69, 9.17) is 4.74 Å². The number of hydrogen-bond donors (Lipinski definition) is 2. The van der Waals surface area contributed by atoms with Crippen molar-refractivity contribution in [3.05, 3.63) is 34.8 Å². The lowest BCUT2D eigenvalue weighted by Gasteiger charge is -2.09. The van der Waals surface area contributed by atoms with Crippen LogP contribution < -0.4 is 15.2 Å². The van der Waals surface area contributed by atoms with Gasteiger partial charge in [-0.2, -0.15) is 0 Å². The summed E-state index contributed by atoms with van der Waals surface area (Å²) in [6.45, 7) is 0.362. The standard InChI is InChI=1S/C13H14N2O4S/c1-19-10-4-2-3-8(12(10)18)6-14-13-15-9(7-20-13)5-11(16)17/h2-4,7,18H,5-6H2,1H3,(H,14,15)(H,16,17)/p-1. The van der Waals surface area contributed by atoms with Crippen LogP contribution in [0, 0.1) is 0 Å². The van der Waals surface area contributed by atoms with E-state index in [0.29, 0.717) is 28.7 Å². The number of methoxy groups -OCH3 is 1. The maximum absolute atomic E-state index is 10.5. The topological polar surface area (TPSA) is 94.5 Å². The number of aromatic nitrogens is 1. The van der Waals surface area contributed by atoms with Crippen LogP contribution in [-0.2, 0) is 17.8 Å². The van der Waals surface area contributed by atoms with Gasteiger partial charge in [-0.25, -0.2) is 4.98 Å². The Balaban J connectivity index is 2.02. The minimum atomic E-state index is -1.16. The first-order chi connectivity index (χ1) is 9.60. The Morgan fingerprint density at radius 1 is 1.55 bits per heavy atom. The van der Waals surface area contributed by atoms with Crippen LogP contribution in [-0.4, -0.2) is 23.2 Å². The lowest BCUT2D eigenvalue weighted by molar-refractivity contribution is -0.304. The maximum Gasteiger partial charge on any atom is 0.183 e. The van der Waals surface area contributed by atoms with Crippen molar-refractivity contribution in [1.29, 1.82) is 0 Å². The first-order valence-corrected chi connectivity index (χ1v) is 6.71.